The van der Waals surface area contributed by atoms with Crippen molar-refractivity contribution in [3.05, 3.63) is 112 Å². The number of carbonyl (C=O) groups excluding carboxylic acids is 2. The number of esters is 1. The number of hydrogen-bond acceptors (Lipinski definition) is 6. The summed E-state index contributed by atoms with van der Waals surface area (Å²) in [5.41, 5.74) is 0.708. The topological polar surface area (TPSA) is 82.8 Å². The molecular weight excluding hydrogens is 396 g/mol. The molecule has 0 spiro atoms. The Morgan fingerprint density at radius 1 is 0.839 bits per heavy atom. The molecule has 154 valence electrons. The van der Waals surface area contributed by atoms with Gasteiger partial charge in [0.25, 0.3) is 0 Å². The lowest BCUT2D eigenvalue weighted by Gasteiger charge is -2.08. The zero-order valence-corrected chi connectivity index (χ0v) is 16.4. The first-order valence-electron chi connectivity index (χ1n) is 9.60. The van der Waals surface area contributed by atoms with E-state index in [0.29, 0.717) is 28.9 Å². The number of rotatable bonds is 7. The summed E-state index contributed by atoms with van der Waals surface area (Å²) in [4.78, 5) is 36.6. The predicted octanol–water partition coefficient (Wildman–Crippen LogP) is 4.41. The summed E-state index contributed by atoms with van der Waals surface area (Å²) < 4.78 is 15.8. The zero-order valence-electron chi connectivity index (χ0n) is 16.4. The molecule has 0 unspecified atom stereocenters. The Hall–Kier alpha value is -4.19. The van der Waals surface area contributed by atoms with Gasteiger partial charge in [-0.15, -0.1) is 0 Å². The van der Waals surface area contributed by atoms with E-state index in [-0.39, 0.29) is 5.56 Å². The van der Waals surface area contributed by atoms with Crippen molar-refractivity contribution in [2.24, 2.45) is 0 Å². The summed E-state index contributed by atoms with van der Waals surface area (Å²) in [6.45, 7) is -0.0740. The Morgan fingerprint density at radius 2 is 1.55 bits per heavy atom. The smallest absolute Gasteiger partial charge is 0.351 e. The first kappa shape index (κ1) is 20.1. The first-order chi connectivity index (χ1) is 15.1. The van der Waals surface area contributed by atoms with Gasteiger partial charge in [0, 0.05) is 10.9 Å². The molecule has 3 aromatic carbocycles. The third-order valence-corrected chi connectivity index (χ3v) is 4.62. The van der Waals surface area contributed by atoms with E-state index >= 15 is 0 Å². The number of ketones is 1. The molecule has 0 amide bonds. The van der Waals surface area contributed by atoms with Gasteiger partial charge in [0.2, 0.25) is 0 Å². The van der Waals surface area contributed by atoms with Gasteiger partial charge in [0.15, 0.2) is 12.4 Å². The van der Waals surface area contributed by atoms with Gasteiger partial charge in [0.05, 0.1) is 0 Å². The van der Waals surface area contributed by atoms with Gasteiger partial charge in [0.1, 0.15) is 23.5 Å². The molecule has 4 rings (SSSR count). The van der Waals surface area contributed by atoms with Crippen molar-refractivity contribution in [1.29, 1.82) is 0 Å². The molecule has 4 aromatic rings. The molecule has 0 radical (unpaired) electrons. The van der Waals surface area contributed by atoms with Crippen molar-refractivity contribution in [3.63, 3.8) is 0 Å². The normalized spacial score (nSPS) is 10.6. The fourth-order valence-electron chi connectivity index (χ4n) is 2.97. The molecule has 6 nitrogen and oxygen atoms in total. The lowest BCUT2D eigenvalue weighted by atomic mass is 10.1. The second-order valence-electron chi connectivity index (χ2n) is 6.78. The number of carbonyl (C=O) groups is 2. The standard InChI is InChI=1S/C25H18O6/c26-22(18-10-12-20(13-11-18)29-15-17-6-2-1-3-7-17)16-30-24(27)21-14-19-8-4-5-9-23(19)31-25(21)28/h1-14H,15-16H2. The number of fused-ring (bicyclic) bond motifs is 1. The highest BCUT2D eigenvalue weighted by molar-refractivity contribution is 5.99. The van der Waals surface area contributed by atoms with E-state index in [2.05, 4.69) is 0 Å². The fraction of sp³-hybridized carbons (Fsp3) is 0.0800. The Kier molecular flexibility index (Phi) is 5.89. The molecule has 0 aliphatic rings. The molecular formula is C25H18O6. The summed E-state index contributed by atoms with van der Waals surface area (Å²) in [5.74, 6) is -0.685. The van der Waals surface area contributed by atoms with Gasteiger partial charge in [-0.3, -0.25) is 4.79 Å². The van der Waals surface area contributed by atoms with Crippen LogP contribution in [0.25, 0.3) is 11.0 Å². The van der Waals surface area contributed by atoms with Crippen LogP contribution in [0.5, 0.6) is 5.75 Å². The van der Waals surface area contributed by atoms with E-state index in [0.717, 1.165) is 5.56 Å². The average molecular weight is 414 g/mol. The van der Waals surface area contributed by atoms with Crippen LogP contribution in [0.15, 0.2) is 94.1 Å². The van der Waals surface area contributed by atoms with E-state index in [4.69, 9.17) is 13.9 Å². The molecule has 0 N–H and O–H groups in total. The molecule has 0 saturated heterocycles. The summed E-state index contributed by atoms with van der Waals surface area (Å²) in [6, 6.07) is 24.5. The summed E-state index contributed by atoms with van der Waals surface area (Å²) in [5, 5.41) is 0.589. The van der Waals surface area contributed by atoms with Crippen LogP contribution in [0.1, 0.15) is 26.3 Å². The second-order valence-corrected chi connectivity index (χ2v) is 6.78. The quantitative estimate of drug-likeness (QED) is 0.253. The second kappa shape index (κ2) is 9.09. The monoisotopic (exact) mass is 414 g/mol. The van der Waals surface area contributed by atoms with E-state index in [9.17, 15) is 14.4 Å². The van der Waals surface area contributed by atoms with Gasteiger partial charge in [-0.1, -0.05) is 48.5 Å². The largest absolute Gasteiger partial charge is 0.489 e. The van der Waals surface area contributed by atoms with Gasteiger partial charge in [-0.25, -0.2) is 9.59 Å². The average Bonchev–Trinajstić information content (AvgIpc) is 2.81. The number of benzene rings is 3. The fourth-order valence-corrected chi connectivity index (χ4v) is 2.97. The Bertz CT molecular complexity index is 1270. The lowest BCUT2D eigenvalue weighted by molar-refractivity contribution is 0.0470. The Morgan fingerprint density at radius 3 is 2.32 bits per heavy atom. The summed E-state index contributed by atoms with van der Waals surface area (Å²) in [6.07, 6.45) is 0. The number of para-hydroxylation sites is 1. The van der Waals surface area contributed by atoms with Crippen molar-refractivity contribution in [2.75, 3.05) is 6.61 Å². The third-order valence-electron chi connectivity index (χ3n) is 4.62. The van der Waals surface area contributed by atoms with Crippen molar-refractivity contribution >= 4 is 22.7 Å². The zero-order chi connectivity index (χ0) is 21.6. The molecule has 0 atom stereocenters. The molecule has 31 heavy (non-hydrogen) atoms. The lowest BCUT2D eigenvalue weighted by Crippen LogP contribution is -2.20. The predicted molar refractivity (Wildman–Crippen MR) is 114 cm³/mol. The van der Waals surface area contributed by atoms with Crippen LogP contribution in [0.3, 0.4) is 0 Å². The van der Waals surface area contributed by atoms with Crippen LogP contribution in [0.2, 0.25) is 0 Å². The Labute approximate surface area is 177 Å². The summed E-state index contributed by atoms with van der Waals surface area (Å²) in [7, 11) is 0. The van der Waals surface area contributed by atoms with Gasteiger partial charge in [-0.05, 0) is 42.0 Å². The van der Waals surface area contributed by atoms with Gasteiger partial charge in [-0.2, -0.15) is 0 Å². The highest BCUT2D eigenvalue weighted by Gasteiger charge is 2.17. The maximum Gasteiger partial charge on any atom is 0.351 e. The minimum atomic E-state index is -0.907. The van der Waals surface area contributed by atoms with Crippen LogP contribution in [-0.2, 0) is 11.3 Å². The molecule has 0 saturated carbocycles. The van der Waals surface area contributed by atoms with Crippen LogP contribution < -0.4 is 10.4 Å². The third kappa shape index (κ3) is 4.87. The molecule has 1 aromatic heterocycles. The van der Waals surface area contributed by atoms with Crippen molar-refractivity contribution < 1.29 is 23.5 Å². The molecule has 0 fully saturated rings. The minimum absolute atomic E-state index is 0.254. The minimum Gasteiger partial charge on any atom is -0.489 e. The number of ether oxygens (including phenoxy) is 2. The Balaban J connectivity index is 1.35. The van der Waals surface area contributed by atoms with Crippen LogP contribution in [0.4, 0.5) is 0 Å². The maximum absolute atomic E-state index is 12.3. The molecule has 0 aliphatic carbocycles. The molecule has 0 aliphatic heterocycles. The van der Waals surface area contributed by atoms with Crippen molar-refractivity contribution in [2.45, 2.75) is 6.61 Å². The maximum atomic E-state index is 12.3. The van der Waals surface area contributed by atoms with Crippen LogP contribution in [0, 0.1) is 0 Å². The highest BCUT2D eigenvalue weighted by Crippen LogP contribution is 2.16. The number of hydrogen-bond donors (Lipinski definition) is 0. The van der Waals surface area contributed by atoms with Crippen molar-refractivity contribution in [3.8, 4) is 5.75 Å². The van der Waals surface area contributed by atoms with Gasteiger partial charge >= 0.3 is 11.6 Å². The molecule has 0 bridgehead atoms. The van der Waals surface area contributed by atoms with Crippen molar-refractivity contribution in [1.82, 2.24) is 0 Å². The summed E-state index contributed by atoms with van der Waals surface area (Å²) >= 11 is 0. The van der Waals surface area contributed by atoms with E-state index in [1.165, 1.54) is 6.07 Å². The van der Waals surface area contributed by atoms with E-state index < -0.39 is 24.0 Å². The van der Waals surface area contributed by atoms with Crippen LogP contribution in [-0.4, -0.2) is 18.4 Å². The highest BCUT2D eigenvalue weighted by atomic mass is 16.5. The van der Waals surface area contributed by atoms with E-state index in [1.807, 2.05) is 30.3 Å². The SMILES string of the molecule is O=C(COC(=O)c1cc2ccccc2oc1=O)c1ccc(OCc2ccccc2)cc1. The first-order valence-corrected chi connectivity index (χ1v) is 9.60. The van der Waals surface area contributed by atoms with Crippen LogP contribution >= 0.6 is 0 Å². The number of Topliss-reactive ketones (excluding diaryl/α,β-unsaturated/α-hetero) is 1. The van der Waals surface area contributed by atoms with E-state index in [1.54, 1.807) is 48.5 Å². The van der Waals surface area contributed by atoms with Gasteiger partial charge < -0.3 is 13.9 Å². The molecule has 1 heterocycles. The molecule has 6 heteroatoms.